The van der Waals surface area contributed by atoms with Crippen molar-refractivity contribution in [2.24, 2.45) is 0 Å². The number of ether oxygens (including phenoxy) is 1. The van der Waals surface area contributed by atoms with E-state index in [2.05, 4.69) is 27.7 Å². The van der Waals surface area contributed by atoms with Crippen LogP contribution in [-0.2, 0) is 4.74 Å². The van der Waals surface area contributed by atoms with E-state index in [-0.39, 0.29) is 12.1 Å². The zero-order chi connectivity index (χ0) is 15.5. The van der Waals surface area contributed by atoms with Crippen molar-refractivity contribution in [1.29, 1.82) is 0 Å². The van der Waals surface area contributed by atoms with Crippen molar-refractivity contribution in [2.75, 3.05) is 6.54 Å². The molecule has 0 saturated carbocycles. The van der Waals surface area contributed by atoms with Gasteiger partial charge in [0.05, 0.1) is 12.2 Å². The Hall–Kier alpha value is -2.40. The molecule has 21 heavy (non-hydrogen) atoms. The topological polar surface area (TPSA) is 58.2 Å². The highest BCUT2D eigenvalue weighted by molar-refractivity contribution is 5.69. The van der Waals surface area contributed by atoms with Crippen LogP contribution in [0.1, 0.15) is 51.2 Å². The number of terminal acetylenes is 1. The molecule has 0 radical (unpaired) electrons. The van der Waals surface area contributed by atoms with Crippen LogP contribution in [0.15, 0.2) is 6.20 Å². The molecular formula is C16H19N3O2. The molecule has 110 valence electrons. The van der Waals surface area contributed by atoms with Crippen LogP contribution in [0.5, 0.6) is 0 Å². The van der Waals surface area contributed by atoms with Crippen LogP contribution in [0.3, 0.4) is 0 Å². The molecule has 1 saturated heterocycles. The van der Waals surface area contributed by atoms with Crippen molar-refractivity contribution in [3.05, 3.63) is 17.7 Å². The van der Waals surface area contributed by atoms with Gasteiger partial charge in [0, 0.05) is 6.54 Å². The maximum Gasteiger partial charge on any atom is 0.410 e. The number of aromatic nitrogens is 2. The van der Waals surface area contributed by atoms with Crippen LogP contribution in [-0.4, -0.2) is 33.1 Å². The van der Waals surface area contributed by atoms with Gasteiger partial charge in [-0.05, 0) is 51.4 Å². The number of amides is 1. The molecule has 2 rings (SSSR count). The smallest absolute Gasteiger partial charge is 0.410 e. The molecule has 0 aromatic carbocycles. The first-order valence-corrected chi connectivity index (χ1v) is 6.92. The Morgan fingerprint density at radius 3 is 3.00 bits per heavy atom. The van der Waals surface area contributed by atoms with Crippen LogP contribution in [0, 0.1) is 24.2 Å². The molecule has 1 aliphatic heterocycles. The molecule has 1 aromatic rings. The summed E-state index contributed by atoms with van der Waals surface area (Å²) in [6.07, 6.45) is 8.20. The van der Waals surface area contributed by atoms with Crippen molar-refractivity contribution < 1.29 is 9.53 Å². The summed E-state index contributed by atoms with van der Waals surface area (Å²) in [4.78, 5) is 21.4. The molecule has 1 aliphatic rings. The lowest BCUT2D eigenvalue weighted by atomic mass is 10.2. The number of likely N-dealkylation sites (tertiary alicyclic amines) is 1. The van der Waals surface area contributed by atoms with Crippen molar-refractivity contribution in [3.63, 3.8) is 0 Å². The normalized spacial score (nSPS) is 17.8. The molecule has 0 unspecified atom stereocenters. The van der Waals surface area contributed by atoms with E-state index >= 15 is 0 Å². The summed E-state index contributed by atoms with van der Waals surface area (Å²) < 4.78 is 5.44. The number of carbonyl (C=O) groups excluding carboxylic acids is 1. The Kier molecular flexibility index (Phi) is 4.23. The first kappa shape index (κ1) is 15.0. The molecular weight excluding hydrogens is 266 g/mol. The van der Waals surface area contributed by atoms with Gasteiger partial charge in [0.15, 0.2) is 0 Å². The molecule has 1 atom stereocenters. The number of carbonyl (C=O) groups is 1. The first-order valence-electron chi connectivity index (χ1n) is 6.92. The Balaban J connectivity index is 2.13. The number of imidazole rings is 1. The van der Waals surface area contributed by atoms with Crippen molar-refractivity contribution >= 4 is 6.09 Å². The van der Waals surface area contributed by atoms with Gasteiger partial charge in [-0.25, -0.2) is 9.78 Å². The van der Waals surface area contributed by atoms with Gasteiger partial charge < -0.3 is 9.72 Å². The third-order valence-corrected chi connectivity index (χ3v) is 3.06. The average molecular weight is 285 g/mol. The lowest BCUT2D eigenvalue weighted by Gasteiger charge is -2.27. The molecule has 5 nitrogen and oxygen atoms in total. The number of hydrogen-bond donors (Lipinski definition) is 1. The van der Waals surface area contributed by atoms with Gasteiger partial charge in [-0.15, -0.1) is 6.42 Å². The minimum absolute atomic E-state index is 0.0961. The second kappa shape index (κ2) is 5.93. The molecule has 2 heterocycles. The summed E-state index contributed by atoms with van der Waals surface area (Å²) in [5.41, 5.74) is 0.149. The van der Waals surface area contributed by atoms with Crippen LogP contribution in [0.4, 0.5) is 4.79 Å². The van der Waals surface area contributed by atoms with Crippen molar-refractivity contribution in [3.8, 4) is 24.2 Å². The maximum absolute atomic E-state index is 12.2. The minimum Gasteiger partial charge on any atom is -0.444 e. The van der Waals surface area contributed by atoms with E-state index in [0.717, 1.165) is 18.7 Å². The van der Waals surface area contributed by atoms with Gasteiger partial charge in [-0.2, -0.15) is 0 Å². The highest BCUT2D eigenvalue weighted by Crippen LogP contribution is 2.31. The monoisotopic (exact) mass is 285 g/mol. The van der Waals surface area contributed by atoms with E-state index in [9.17, 15) is 4.79 Å². The van der Waals surface area contributed by atoms with E-state index in [1.807, 2.05) is 20.8 Å². The van der Waals surface area contributed by atoms with E-state index in [4.69, 9.17) is 11.2 Å². The summed E-state index contributed by atoms with van der Waals surface area (Å²) in [7, 11) is 0. The second-order valence-corrected chi connectivity index (χ2v) is 5.91. The van der Waals surface area contributed by atoms with Crippen LogP contribution < -0.4 is 0 Å². The summed E-state index contributed by atoms with van der Waals surface area (Å²) >= 11 is 0. The molecule has 0 spiro atoms. The van der Waals surface area contributed by atoms with Gasteiger partial charge in [0.2, 0.25) is 0 Å². The van der Waals surface area contributed by atoms with E-state index < -0.39 is 5.60 Å². The Bertz CT molecular complexity index is 622. The number of nitrogens with zero attached hydrogens (tertiary/aromatic N) is 2. The molecule has 1 amide bonds. The quantitative estimate of drug-likeness (QED) is 0.806. The molecule has 1 N–H and O–H groups in total. The number of hydrogen-bond acceptors (Lipinski definition) is 3. The predicted molar refractivity (Wildman–Crippen MR) is 79.2 cm³/mol. The fourth-order valence-corrected chi connectivity index (χ4v) is 2.26. The summed E-state index contributed by atoms with van der Waals surface area (Å²) in [6.45, 7) is 6.24. The standard InChI is InChI=1S/C16H19N3O2/c1-5-6-8-12-11-17-14(18-12)13-9-7-10-19(13)15(20)21-16(2,3)4/h1,11,13H,7,9-10H2,2-4H3,(H,17,18)/t13-/m0/s1. The molecule has 0 aliphatic carbocycles. The second-order valence-electron chi connectivity index (χ2n) is 5.91. The lowest BCUT2D eigenvalue weighted by Crippen LogP contribution is -2.36. The number of nitrogens with one attached hydrogen (secondary N) is 1. The maximum atomic E-state index is 12.2. The van der Waals surface area contributed by atoms with Crippen LogP contribution in [0.2, 0.25) is 0 Å². The summed E-state index contributed by atoms with van der Waals surface area (Å²) in [5, 5.41) is 0. The van der Waals surface area contributed by atoms with Crippen molar-refractivity contribution in [2.45, 2.75) is 45.3 Å². The first-order chi connectivity index (χ1) is 9.90. The molecule has 5 heteroatoms. The average Bonchev–Trinajstić information content (AvgIpc) is 3.02. The SMILES string of the molecule is C#CC#Cc1cnc([C@@H]2CCCN2C(=O)OC(C)(C)C)[nH]1. The van der Waals surface area contributed by atoms with E-state index in [1.165, 1.54) is 0 Å². The fraction of sp³-hybridized carbons (Fsp3) is 0.500. The van der Waals surface area contributed by atoms with E-state index in [1.54, 1.807) is 11.1 Å². The van der Waals surface area contributed by atoms with Gasteiger partial charge in [0.25, 0.3) is 0 Å². The summed E-state index contributed by atoms with van der Waals surface area (Å²) in [5.74, 6) is 8.29. The zero-order valence-corrected chi connectivity index (χ0v) is 12.6. The van der Waals surface area contributed by atoms with Crippen molar-refractivity contribution in [1.82, 2.24) is 14.9 Å². The van der Waals surface area contributed by atoms with Crippen LogP contribution >= 0.6 is 0 Å². The highest BCUT2D eigenvalue weighted by atomic mass is 16.6. The summed E-state index contributed by atoms with van der Waals surface area (Å²) in [6, 6.07) is -0.0961. The zero-order valence-electron chi connectivity index (χ0n) is 12.6. The molecule has 1 fully saturated rings. The fourth-order valence-electron chi connectivity index (χ4n) is 2.26. The van der Waals surface area contributed by atoms with Gasteiger partial charge in [0.1, 0.15) is 17.1 Å². The number of H-pyrrole nitrogens is 1. The lowest BCUT2D eigenvalue weighted by molar-refractivity contribution is 0.0218. The number of aromatic amines is 1. The Morgan fingerprint density at radius 1 is 1.57 bits per heavy atom. The van der Waals surface area contributed by atoms with Gasteiger partial charge >= 0.3 is 6.09 Å². The van der Waals surface area contributed by atoms with Gasteiger partial charge in [-0.3, -0.25) is 4.90 Å². The number of rotatable bonds is 1. The van der Waals surface area contributed by atoms with Crippen LogP contribution in [0.25, 0.3) is 0 Å². The minimum atomic E-state index is -0.503. The molecule has 0 bridgehead atoms. The third-order valence-electron chi connectivity index (χ3n) is 3.06. The van der Waals surface area contributed by atoms with Gasteiger partial charge in [-0.1, -0.05) is 0 Å². The Morgan fingerprint density at radius 2 is 2.33 bits per heavy atom. The highest BCUT2D eigenvalue weighted by Gasteiger charge is 2.34. The Labute approximate surface area is 125 Å². The third kappa shape index (κ3) is 3.79. The largest absolute Gasteiger partial charge is 0.444 e. The predicted octanol–water partition coefficient (Wildman–Crippen LogP) is 2.47. The molecule has 1 aromatic heterocycles. The van der Waals surface area contributed by atoms with E-state index in [0.29, 0.717) is 12.2 Å².